The van der Waals surface area contributed by atoms with E-state index in [4.69, 9.17) is 0 Å². The lowest BCUT2D eigenvalue weighted by atomic mass is 10.00. The maximum absolute atomic E-state index is 4.53. The monoisotopic (exact) mass is 216 g/mol. The number of rotatable bonds is 2. The second-order valence-corrected chi connectivity index (χ2v) is 4.27. The van der Waals surface area contributed by atoms with Crippen LogP contribution >= 0.6 is 0 Å². The fourth-order valence-electron chi connectivity index (χ4n) is 2.06. The van der Waals surface area contributed by atoms with Crippen LogP contribution in [0.3, 0.4) is 0 Å². The van der Waals surface area contributed by atoms with Crippen molar-refractivity contribution in [1.29, 1.82) is 0 Å². The van der Waals surface area contributed by atoms with Crippen molar-refractivity contribution in [2.45, 2.75) is 33.6 Å². The van der Waals surface area contributed by atoms with E-state index >= 15 is 0 Å². The first-order valence-electron chi connectivity index (χ1n) is 5.44. The minimum Gasteiger partial charge on any atom is -0.285 e. The number of H-pyrrole nitrogens is 1. The van der Waals surface area contributed by atoms with Crippen molar-refractivity contribution in [1.82, 2.24) is 20.2 Å². The fraction of sp³-hybridized carbons (Fsp3) is 0.417. The van der Waals surface area contributed by atoms with E-state index in [1.54, 1.807) is 6.20 Å². The van der Waals surface area contributed by atoms with Gasteiger partial charge in [0.25, 0.3) is 0 Å². The molecule has 0 atom stereocenters. The summed E-state index contributed by atoms with van der Waals surface area (Å²) in [5, 5.41) is 6.68. The van der Waals surface area contributed by atoms with E-state index in [-0.39, 0.29) is 0 Å². The van der Waals surface area contributed by atoms with Crippen LogP contribution in [-0.2, 0) is 0 Å². The molecule has 0 amide bonds. The molecule has 0 aliphatic rings. The van der Waals surface area contributed by atoms with Crippen LogP contribution < -0.4 is 0 Å². The predicted molar refractivity (Wildman–Crippen MR) is 63.2 cm³/mol. The van der Waals surface area contributed by atoms with E-state index in [1.807, 2.05) is 20.0 Å². The van der Waals surface area contributed by atoms with Crippen LogP contribution in [0.25, 0.3) is 11.4 Å². The van der Waals surface area contributed by atoms with E-state index < -0.39 is 0 Å². The van der Waals surface area contributed by atoms with Crippen molar-refractivity contribution in [3.8, 4) is 11.4 Å². The number of aromatic nitrogens is 4. The van der Waals surface area contributed by atoms with Crippen LogP contribution in [0.2, 0.25) is 0 Å². The SMILES string of the molecule is Cc1nc(-c2cn[nH]c2)nc(C)c1C(C)C. The smallest absolute Gasteiger partial charge is 0.162 e. The van der Waals surface area contributed by atoms with Gasteiger partial charge < -0.3 is 0 Å². The van der Waals surface area contributed by atoms with Gasteiger partial charge in [-0.2, -0.15) is 5.10 Å². The minimum absolute atomic E-state index is 0.457. The van der Waals surface area contributed by atoms with Gasteiger partial charge in [0.1, 0.15) is 0 Å². The molecule has 0 saturated heterocycles. The summed E-state index contributed by atoms with van der Waals surface area (Å²) in [6.07, 6.45) is 3.55. The topological polar surface area (TPSA) is 54.5 Å². The van der Waals surface area contributed by atoms with Gasteiger partial charge in [-0.25, -0.2) is 9.97 Å². The molecule has 0 aliphatic carbocycles. The highest BCUT2D eigenvalue weighted by atomic mass is 15.1. The quantitative estimate of drug-likeness (QED) is 0.839. The minimum atomic E-state index is 0.457. The van der Waals surface area contributed by atoms with Crippen LogP contribution in [0.5, 0.6) is 0 Å². The van der Waals surface area contributed by atoms with Crippen molar-refractivity contribution in [2.24, 2.45) is 0 Å². The molecular formula is C12H16N4. The van der Waals surface area contributed by atoms with E-state index in [0.29, 0.717) is 5.92 Å². The Morgan fingerprint density at radius 2 is 1.75 bits per heavy atom. The number of aromatic amines is 1. The molecule has 0 unspecified atom stereocenters. The number of hydrogen-bond donors (Lipinski definition) is 1. The third-order valence-corrected chi connectivity index (χ3v) is 2.66. The predicted octanol–water partition coefficient (Wildman–Crippen LogP) is 2.61. The van der Waals surface area contributed by atoms with Gasteiger partial charge in [0.15, 0.2) is 5.82 Å². The Morgan fingerprint density at radius 1 is 1.12 bits per heavy atom. The van der Waals surface area contributed by atoms with Gasteiger partial charge in [-0.1, -0.05) is 13.8 Å². The van der Waals surface area contributed by atoms with Crippen molar-refractivity contribution in [3.05, 3.63) is 29.3 Å². The van der Waals surface area contributed by atoms with Gasteiger partial charge in [-0.15, -0.1) is 0 Å². The fourth-order valence-corrected chi connectivity index (χ4v) is 2.06. The first-order chi connectivity index (χ1) is 7.59. The van der Waals surface area contributed by atoms with E-state index in [2.05, 4.69) is 34.0 Å². The van der Waals surface area contributed by atoms with Crippen LogP contribution in [0, 0.1) is 13.8 Å². The molecule has 16 heavy (non-hydrogen) atoms. The maximum Gasteiger partial charge on any atom is 0.162 e. The molecule has 0 saturated carbocycles. The standard InChI is InChI=1S/C12H16N4/c1-7(2)11-8(3)15-12(16-9(11)4)10-5-13-14-6-10/h5-7H,1-4H3,(H,13,14). The van der Waals surface area contributed by atoms with Gasteiger partial charge in [0.05, 0.1) is 11.8 Å². The summed E-state index contributed by atoms with van der Waals surface area (Å²) >= 11 is 0. The Balaban J connectivity index is 2.53. The second-order valence-electron chi connectivity index (χ2n) is 4.27. The molecule has 0 aromatic carbocycles. The average Bonchev–Trinajstić information content (AvgIpc) is 2.67. The van der Waals surface area contributed by atoms with E-state index in [0.717, 1.165) is 22.8 Å². The van der Waals surface area contributed by atoms with Crippen LogP contribution in [0.4, 0.5) is 0 Å². The molecule has 2 heterocycles. The first kappa shape index (κ1) is 10.8. The summed E-state index contributed by atoms with van der Waals surface area (Å²) in [6, 6.07) is 0. The summed E-state index contributed by atoms with van der Waals surface area (Å²) in [4.78, 5) is 9.05. The summed E-state index contributed by atoms with van der Waals surface area (Å²) in [6.45, 7) is 8.40. The van der Waals surface area contributed by atoms with Crippen LogP contribution in [0.1, 0.15) is 36.7 Å². The first-order valence-corrected chi connectivity index (χ1v) is 5.44. The zero-order chi connectivity index (χ0) is 11.7. The average molecular weight is 216 g/mol. The molecule has 0 aliphatic heterocycles. The summed E-state index contributed by atoms with van der Waals surface area (Å²) in [5.41, 5.74) is 4.28. The molecule has 84 valence electrons. The summed E-state index contributed by atoms with van der Waals surface area (Å²) in [5.74, 6) is 1.20. The molecule has 0 spiro atoms. The van der Waals surface area contributed by atoms with Crippen molar-refractivity contribution in [2.75, 3.05) is 0 Å². The van der Waals surface area contributed by atoms with Gasteiger partial charge in [-0.05, 0) is 25.3 Å². The maximum atomic E-state index is 4.53. The number of nitrogens with one attached hydrogen (secondary N) is 1. The van der Waals surface area contributed by atoms with Crippen LogP contribution in [-0.4, -0.2) is 20.2 Å². The number of nitrogens with zero attached hydrogens (tertiary/aromatic N) is 3. The molecule has 2 aromatic heterocycles. The zero-order valence-electron chi connectivity index (χ0n) is 10.1. The van der Waals surface area contributed by atoms with E-state index in [1.165, 1.54) is 5.56 Å². The Kier molecular flexibility index (Phi) is 2.73. The van der Waals surface area contributed by atoms with Gasteiger partial charge >= 0.3 is 0 Å². The molecule has 0 fully saturated rings. The second kappa shape index (κ2) is 4.04. The molecule has 2 rings (SSSR count). The van der Waals surface area contributed by atoms with Gasteiger partial charge in [0, 0.05) is 17.6 Å². The van der Waals surface area contributed by atoms with Gasteiger partial charge in [0.2, 0.25) is 0 Å². The van der Waals surface area contributed by atoms with E-state index in [9.17, 15) is 0 Å². The molecule has 2 aromatic rings. The highest BCUT2D eigenvalue weighted by molar-refractivity contribution is 5.53. The number of hydrogen-bond acceptors (Lipinski definition) is 3. The molecule has 0 bridgehead atoms. The van der Waals surface area contributed by atoms with Crippen molar-refractivity contribution >= 4 is 0 Å². The van der Waals surface area contributed by atoms with Crippen LogP contribution in [0.15, 0.2) is 12.4 Å². The Morgan fingerprint density at radius 3 is 2.19 bits per heavy atom. The molecule has 1 N–H and O–H groups in total. The lowest BCUT2D eigenvalue weighted by Crippen LogP contribution is -2.03. The molecule has 4 heteroatoms. The normalized spacial score (nSPS) is 11.1. The largest absolute Gasteiger partial charge is 0.285 e. The van der Waals surface area contributed by atoms with Gasteiger partial charge in [-0.3, -0.25) is 5.10 Å². The lowest BCUT2D eigenvalue weighted by Gasteiger charge is -2.12. The Hall–Kier alpha value is -1.71. The third-order valence-electron chi connectivity index (χ3n) is 2.66. The third kappa shape index (κ3) is 1.83. The highest BCUT2D eigenvalue weighted by Gasteiger charge is 2.12. The zero-order valence-corrected chi connectivity index (χ0v) is 10.1. The molecule has 4 nitrogen and oxygen atoms in total. The number of aryl methyl sites for hydroxylation is 2. The molecule has 0 radical (unpaired) electrons. The lowest BCUT2D eigenvalue weighted by molar-refractivity contribution is 0.814. The summed E-state index contributed by atoms with van der Waals surface area (Å²) < 4.78 is 0. The highest BCUT2D eigenvalue weighted by Crippen LogP contribution is 2.23. The Labute approximate surface area is 95.1 Å². The van der Waals surface area contributed by atoms with Crippen molar-refractivity contribution < 1.29 is 0 Å². The summed E-state index contributed by atoms with van der Waals surface area (Å²) in [7, 11) is 0. The molecular weight excluding hydrogens is 200 g/mol. The Bertz CT molecular complexity index is 463. The van der Waals surface area contributed by atoms with Crippen molar-refractivity contribution in [3.63, 3.8) is 0 Å².